The number of hydrogen-bond donors (Lipinski definition) is 2. The lowest BCUT2D eigenvalue weighted by molar-refractivity contribution is 0.150. The monoisotopic (exact) mass is 343 g/mol. The van der Waals surface area contributed by atoms with Crippen molar-refractivity contribution < 1.29 is 9.50 Å². The molecule has 2 atom stereocenters. The Morgan fingerprint density at radius 3 is 2.88 bits per heavy atom. The van der Waals surface area contributed by atoms with E-state index in [-0.39, 0.29) is 31.3 Å². The van der Waals surface area contributed by atoms with Crippen molar-refractivity contribution in [3.8, 4) is 5.69 Å². The Hall–Kier alpha value is -2.58. The maximum Gasteiger partial charge on any atom is 0.262 e. The largest absolute Gasteiger partial charge is 0.395 e. The molecule has 3 aromatic rings. The number of hydrogen-bond acceptors (Lipinski definition) is 5. The van der Waals surface area contributed by atoms with Crippen molar-refractivity contribution in [1.82, 2.24) is 24.6 Å². The van der Waals surface area contributed by atoms with E-state index in [0.29, 0.717) is 23.3 Å². The predicted molar refractivity (Wildman–Crippen MR) is 90.3 cm³/mol. The fraction of sp³-hybridized carbons (Fsp3) is 0.353. The van der Waals surface area contributed by atoms with Gasteiger partial charge < -0.3 is 10.1 Å². The van der Waals surface area contributed by atoms with Crippen LogP contribution in [0, 0.1) is 0 Å². The molecular formula is C17H18FN5O2. The molecule has 1 saturated heterocycles. The van der Waals surface area contributed by atoms with Crippen LogP contribution in [0.3, 0.4) is 0 Å². The van der Waals surface area contributed by atoms with Crippen LogP contribution >= 0.6 is 0 Å². The van der Waals surface area contributed by atoms with Gasteiger partial charge in [0.15, 0.2) is 5.65 Å². The molecule has 130 valence electrons. The summed E-state index contributed by atoms with van der Waals surface area (Å²) >= 11 is 0. The molecular weight excluding hydrogens is 325 g/mol. The van der Waals surface area contributed by atoms with Crippen molar-refractivity contribution in [3.63, 3.8) is 0 Å². The average molecular weight is 343 g/mol. The lowest BCUT2D eigenvalue weighted by Gasteiger charge is -2.21. The van der Waals surface area contributed by atoms with Gasteiger partial charge >= 0.3 is 0 Å². The van der Waals surface area contributed by atoms with Crippen LogP contribution in [0.1, 0.15) is 12.2 Å². The van der Waals surface area contributed by atoms with Crippen LogP contribution in [0.2, 0.25) is 0 Å². The predicted octanol–water partition coefficient (Wildman–Crippen LogP) is 1.01. The van der Waals surface area contributed by atoms with E-state index in [1.165, 1.54) is 6.20 Å². The highest BCUT2D eigenvalue weighted by Gasteiger charge is 2.32. The molecule has 0 unspecified atom stereocenters. The van der Waals surface area contributed by atoms with Crippen molar-refractivity contribution in [2.75, 3.05) is 13.2 Å². The molecule has 2 N–H and O–H groups in total. The third-order valence-corrected chi connectivity index (χ3v) is 4.53. The molecule has 0 saturated carbocycles. The summed E-state index contributed by atoms with van der Waals surface area (Å²) in [5.74, 6) is 0.433. The zero-order chi connectivity index (χ0) is 17.4. The molecule has 0 radical (unpaired) electrons. The molecule has 1 aliphatic heterocycles. The van der Waals surface area contributed by atoms with E-state index in [1.807, 2.05) is 30.3 Å². The quantitative estimate of drug-likeness (QED) is 0.738. The van der Waals surface area contributed by atoms with Gasteiger partial charge in [-0.1, -0.05) is 18.2 Å². The molecule has 4 rings (SSSR count). The Morgan fingerprint density at radius 1 is 1.32 bits per heavy atom. The lowest BCUT2D eigenvalue weighted by Crippen LogP contribution is -2.33. The van der Waals surface area contributed by atoms with Gasteiger partial charge in [-0.05, 0) is 18.6 Å². The third-order valence-electron chi connectivity index (χ3n) is 4.53. The third kappa shape index (κ3) is 2.94. The Bertz CT molecular complexity index is 939. The average Bonchev–Trinajstić information content (AvgIpc) is 3.19. The summed E-state index contributed by atoms with van der Waals surface area (Å²) in [7, 11) is 0. The number of nitrogens with one attached hydrogen (secondary N) is 1. The second kappa shape index (κ2) is 6.38. The highest BCUT2D eigenvalue weighted by atomic mass is 19.1. The SMILES string of the molecule is O=c1[nH]c(CN2C[C@@H](F)C[C@H]2CO)nc2c1cnn2-c1ccccc1. The van der Waals surface area contributed by atoms with Gasteiger partial charge in [0.05, 0.1) is 25.0 Å². The summed E-state index contributed by atoms with van der Waals surface area (Å²) in [6.07, 6.45) is 0.815. The molecule has 0 spiro atoms. The van der Waals surface area contributed by atoms with Gasteiger partial charge in [0, 0.05) is 12.6 Å². The summed E-state index contributed by atoms with van der Waals surface area (Å²) in [6, 6.07) is 9.17. The molecule has 2 aromatic heterocycles. The van der Waals surface area contributed by atoms with Crippen LogP contribution in [0.25, 0.3) is 16.7 Å². The van der Waals surface area contributed by atoms with Gasteiger partial charge in [-0.15, -0.1) is 0 Å². The van der Waals surface area contributed by atoms with Crippen LogP contribution < -0.4 is 5.56 Å². The number of likely N-dealkylation sites (tertiary alicyclic amines) is 1. The maximum atomic E-state index is 13.6. The highest BCUT2D eigenvalue weighted by molar-refractivity contribution is 5.75. The van der Waals surface area contributed by atoms with Gasteiger partial charge in [0.25, 0.3) is 5.56 Å². The number of aliphatic hydroxyl groups excluding tert-OH is 1. The molecule has 1 fully saturated rings. The fourth-order valence-electron chi connectivity index (χ4n) is 3.30. The minimum Gasteiger partial charge on any atom is -0.395 e. The minimum absolute atomic E-state index is 0.116. The summed E-state index contributed by atoms with van der Waals surface area (Å²) in [6.45, 7) is 0.385. The minimum atomic E-state index is -0.970. The van der Waals surface area contributed by atoms with Crippen LogP contribution in [-0.2, 0) is 6.54 Å². The Balaban J connectivity index is 1.72. The van der Waals surface area contributed by atoms with Crippen LogP contribution in [-0.4, -0.2) is 55.1 Å². The first kappa shape index (κ1) is 15.9. The first-order valence-corrected chi connectivity index (χ1v) is 8.17. The molecule has 7 nitrogen and oxygen atoms in total. The van der Waals surface area contributed by atoms with E-state index in [9.17, 15) is 14.3 Å². The summed E-state index contributed by atoms with van der Waals surface area (Å²) < 4.78 is 15.2. The number of aromatic nitrogens is 4. The van der Waals surface area contributed by atoms with Gasteiger partial charge in [-0.25, -0.2) is 14.1 Å². The Morgan fingerprint density at radius 2 is 2.12 bits per heavy atom. The number of benzene rings is 1. The lowest BCUT2D eigenvalue weighted by atomic mass is 10.2. The number of halogens is 1. The summed E-state index contributed by atoms with van der Waals surface area (Å²) in [5, 5.41) is 14.1. The van der Waals surface area contributed by atoms with Crippen molar-refractivity contribution in [2.24, 2.45) is 0 Å². The fourth-order valence-corrected chi connectivity index (χ4v) is 3.30. The van der Waals surface area contributed by atoms with Crippen molar-refractivity contribution in [3.05, 3.63) is 52.7 Å². The number of para-hydroxylation sites is 1. The zero-order valence-corrected chi connectivity index (χ0v) is 13.5. The van der Waals surface area contributed by atoms with E-state index in [0.717, 1.165) is 5.69 Å². The zero-order valence-electron chi connectivity index (χ0n) is 13.5. The molecule has 25 heavy (non-hydrogen) atoms. The van der Waals surface area contributed by atoms with Crippen LogP contribution in [0.4, 0.5) is 4.39 Å². The van der Waals surface area contributed by atoms with Crippen molar-refractivity contribution in [1.29, 1.82) is 0 Å². The van der Waals surface area contributed by atoms with Gasteiger partial charge in [0.1, 0.15) is 17.4 Å². The van der Waals surface area contributed by atoms with Crippen LogP contribution in [0.15, 0.2) is 41.3 Å². The molecule has 1 aromatic carbocycles. The van der Waals surface area contributed by atoms with Gasteiger partial charge in [0.2, 0.25) is 0 Å². The number of aromatic amines is 1. The molecule has 0 aliphatic carbocycles. The number of rotatable bonds is 4. The molecule has 0 bridgehead atoms. The number of aliphatic hydroxyl groups is 1. The first-order chi connectivity index (χ1) is 12.2. The van der Waals surface area contributed by atoms with Gasteiger partial charge in [-0.2, -0.15) is 5.10 Å². The van der Waals surface area contributed by atoms with Crippen LogP contribution in [0.5, 0.6) is 0 Å². The Labute approximate surface area is 142 Å². The number of alkyl halides is 1. The molecule has 1 aliphatic rings. The van der Waals surface area contributed by atoms with E-state index >= 15 is 0 Å². The molecule has 0 amide bonds. The van der Waals surface area contributed by atoms with Crippen molar-refractivity contribution >= 4 is 11.0 Å². The smallest absolute Gasteiger partial charge is 0.262 e. The van der Waals surface area contributed by atoms with E-state index < -0.39 is 6.17 Å². The number of nitrogens with zero attached hydrogens (tertiary/aromatic N) is 4. The molecule has 8 heteroatoms. The van der Waals surface area contributed by atoms with E-state index in [1.54, 1.807) is 9.58 Å². The standard InChI is InChI=1S/C17H18FN5O2/c18-11-6-13(10-24)22(8-11)9-15-20-16-14(17(25)21-15)7-19-23(16)12-4-2-1-3-5-12/h1-5,7,11,13,24H,6,8-10H2,(H,20,21,25)/t11-,13-/m0/s1. The first-order valence-electron chi connectivity index (χ1n) is 8.17. The maximum absolute atomic E-state index is 13.6. The highest BCUT2D eigenvalue weighted by Crippen LogP contribution is 2.22. The van der Waals surface area contributed by atoms with E-state index in [2.05, 4.69) is 15.1 Å². The second-order valence-electron chi connectivity index (χ2n) is 6.24. The topological polar surface area (TPSA) is 87.0 Å². The molecule has 3 heterocycles. The normalized spacial score (nSPS) is 21.2. The second-order valence-corrected chi connectivity index (χ2v) is 6.24. The van der Waals surface area contributed by atoms with Crippen molar-refractivity contribution in [2.45, 2.75) is 25.2 Å². The Kier molecular flexibility index (Phi) is 4.06. The number of fused-ring (bicyclic) bond motifs is 1. The van der Waals surface area contributed by atoms with Gasteiger partial charge in [-0.3, -0.25) is 9.69 Å². The van der Waals surface area contributed by atoms with E-state index in [4.69, 9.17) is 0 Å². The summed E-state index contributed by atoms with van der Waals surface area (Å²) in [4.78, 5) is 21.4. The number of H-pyrrole nitrogens is 1. The summed E-state index contributed by atoms with van der Waals surface area (Å²) in [5.41, 5.74) is 0.986.